The van der Waals surface area contributed by atoms with Crippen molar-refractivity contribution >= 4 is 33.4 Å². The minimum Gasteiger partial charge on any atom is -0.479 e. The van der Waals surface area contributed by atoms with E-state index in [-0.39, 0.29) is 5.56 Å². The van der Waals surface area contributed by atoms with Crippen molar-refractivity contribution in [1.82, 2.24) is 0 Å². The smallest absolute Gasteiger partial charge is 0.338 e. The van der Waals surface area contributed by atoms with E-state index in [4.69, 9.17) is 5.11 Å². The van der Waals surface area contributed by atoms with Crippen LogP contribution in [-0.2, 0) is 4.79 Å². The average molecular weight is 269 g/mol. The third kappa shape index (κ3) is 1.68. The van der Waals surface area contributed by atoms with Gasteiger partial charge in [0, 0.05) is 10.0 Å². The van der Waals surface area contributed by atoms with E-state index in [1.54, 1.807) is 18.2 Å². The molecule has 0 bridgehead atoms. The number of halogens is 1. The summed E-state index contributed by atoms with van der Waals surface area (Å²) < 4.78 is 0.704. The quantitative estimate of drug-likeness (QED) is 0.793. The molecular formula is C9H5BrN2O3. The number of carbonyl (C=O) groups is 2. The molecule has 0 amide bonds. The molecule has 5 nitrogen and oxygen atoms in total. The number of carbonyl (C=O) groups excluding carboxylic acids is 1. The fourth-order valence-electron chi connectivity index (χ4n) is 1.27. The van der Waals surface area contributed by atoms with Gasteiger partial charge in [-0.3, -0.25) is 4.79 Å². The van der Waals surface area contributed by atoms with Crippen LogP contribution in [0.25, 0.3) is 0 Å². The Labute approximate surface area is 93.0 Å². The van der Waals surface area contributed by atoms with Gasteiger partial charge in [0.05, 0.1) is 5.69 Å². The number of Topliss-reactive ketones (excluding diaryl/α,β-unsaturated/α-hetero) is 1. The van der Waals surface area contributed by atoms with Crippen LogP contribution in [0.4, 0.5) is 5.69 Å². The molecule has 0 aromatic heterocycles. The highest BCUT2D eigenvalue weighted by Crippen LogP contribution is 2.29. The molecule has 1 aliphatic heterocycles. The van der Waals surface area contributed by atoms with Crippen molar-refractivity contribution in [3.05, 3.63) is 28.2 Å². The summed E-state index contributed by atoms with van der Waals surface area (Å²) in [7, 11) is 0. The van der Waals surface area contributed by atoms with Crippen LogP contribution in [0.15, 0.2) is 32.9 Å². The number of rotatable bonds is 1. The average Bonchev–Trinajstić information content (AvgIpc) is 2.19. The van der Waals surface area contributed by atoms with Gasteiger partial charge in [0.1, 0.15) is 0 Å². The van der Waals surface area contributed by atoms with Crippen LogP contribution < -0.4 is 0 Å². The largest absolute Gasteiger partial charge is 0.479 e. The molecule has 1 atom stereocenters. The second-order valence-electron chi connectivity index (χ2n) is 2.98. The summed E-state index contributed by atoms with van der Waals surface area (Å²) in [5, 5.41) is 15.8. The number of fused-ring (bicyclic) bond motifs is 1. The van der Waals surface area contributed by atoms with Crippen LogP contribution in [0.1, 0.15) is 10.4 Å². The summed E-state index contributed by atoms with van der Waals surface area (Å²) in [6, 6.07) is 3.46. The maximum Gasteiger partial charge on any atom is 0.338 e. The zero-order chi connectivity index (χ0) is 11.0. The Kier molecular flexibility index (Phi) is 2.36. The molecule has 6 heteroatoms. The zero-order valence-corrected chi connectivity index (χ0v) is 8.93. The van der Waals surface area contributed by atoms with Gasteiger partial charge >= 0.3 is 5.97 Å². The SMILES string of the molecule is O=C(O)C1N=Nc2ccc(Br)cc2C1=O. The highest BCUT2D eigenvalue weighted by Gasteiger charge is 2.32. The summed E-state index contributed by atoms with van der Waals surface area (Å²) in [6.07, 6.45) is 0. The Morgan fingerprint density at radius 1 is 1.47 bits per heavy atom. The van der Waals surface area contributed by atoms with Crippen LogP contribution in [0.3, 0.4) is 0 Å². The monoisotopic (exact) mass is 268 g/mol. The molecule has 1 aliphatic rings. The van der Waals surface area contributed by atoms with Gasteiger partial charge < -0.3 is 5.11 Å². The molecule has 1 unspecified atom stereocenters. The topological polar surface area (TPSA) is 79.1 Å². The van der Waals surface area contributed by atoms with Crippen molar-refractivity contribution < 1.29 is 14.7 Å². The number of aliphatic carboxylic acids is 1. The van der Waals surface area contributed by atoms with Gasteiger partial charge in [-0.25, -0.2) is 4.79 Å². The molecule has 1 heterocycles. The lowest BCUT2D eigenvalue weighted by Crippen LogP contribution is -2.29. The molecule has 0 spiro atoms. The molecular weight excluding hydrogens is 264 g/mol. The van der Waals surface area contributed by atoms with Crippen molar-refractivity contribution in [3.8, 4) is 0 Å². The van der Waals surface area contributed by atoms with E-state index in [0.717, 1.165) is 0 Å². The maximum absolute atomic E-state index is 11.7. The number of hydrogen-bond donors (Lipinski definition) is 1. The lowest BCUT2D eigenvalue weighted by atomic mass is 10.0. The summed E-state index contributed by atoms with van der Waals surface area (Å²) in [5.74, 6) is -1.82. The predicted molar refractivity (Wildman–Crippen MR) is 54.4 cm³/mol. The Morgan fingerprint density at radius 2 is 2.20 bits per heavy atom. The first-order valence-corrected chi connectivity index (χ1v) is 4.86. The molecule has 0 saturated heterocycles. The van der Waals surface area contributed by atoms with Gasteiger partial charge in [0.2, 0.25) is 11.8 Å². The van der Waals surface area contributed by atoms with Gasteiger partial charge in [-0.05, 0) is 18.2 Å². The maximum atomic E-state index is 11.7. The van der Waals surface area contributed by atoms with Crippen molar-refractivity contribution in [2.24, 2.45) is 10.2 Å². The summed E-state index contributed by atoms with van der Waals surface area (Å²) in [4.78, 5) is 22.3. The second kappa shape index (κ2) is 3.54. The Hall–Kier alpha value is -1.56. The third-order valence-corrected chi connectivity index (χ3v) is 2.48. The van der Waals surface area contributed by atoms with Crippen LogP contribution >= 0.6 is 15.9 Å². The standard InChI is InChI=1S/C9H5BrN2O3/c10-4-1-2-6-5(3-4)8(13)7(9(14)15)12-11-6/h1-3,7H,(H,14,15). The summed E-state index contributed by atoms with van der Waals surface area (Å²) in [5.41, 5.74) is 0.687. The molecule has 0 saturated carbocycles. The first kappa shape index (κ1) is 9.97. The molecule has 2 rings (SSSR count). The molecule has 0 radical (unpaired) electrons. The minimum atomic E-state index is -1.41. The van der Waals surface area contributed by atoms with E-state index < -0.39 is 17.8 Å². The number of carboxylic acid groups (broad SMARTS) is 1. The number of benzene rings is 1. The first-order chi connectivity index (χ1) is 7.09. The van der Waals surface area contributed by atoms with Gasteiger partial charge in [0.15, 0.2) is 0 Å². The highest BCUT2D eigenvalue weighted by atomic mass is 79.9. The van der Waals surface area contributed by atoms with E-state index in [1.165, 1.54) is 0 Å². The molecule has 0 aliphatic carbocycles. The predicted octanol–water partition coefficient (Wildman–Crippen LogP) is 2.18. The fourth-order valence-corrected chi connectivity index (χ4v) is 1.64. The molecule has 1 aromatic rings. The molecule has 0 fully saturated rings. The molecule has 1 aromatic carbocycles. The Balaban J connectivity index is 2.53. The van der Waals surface area contributed by atoms with Crippen LogP contribution in [0.2, 0.25) is 0 Å². The van der Waals surface area contributed by atoms with Crippen molar-refractivity contribution in [3.63, 3.8) is 0 Å². The summed E-state index contributed by atoms with van der Waals surface area (Å²) in [6.45, 7) is 0. The van der Waals surface area contributed by atoms with Gasteiger partial charge in [-0.2, -0.15) is 10.2 Å². The van der Waals surface area contributed by atoms with Crippen LogP contribution in [-0.4, -0.2) is 22.9 Å². The third-order valence-electron chi connectivity index (χ3n) is 1.99. The van der Waals surface area contributed by atoms with Gasteiger partial charge in [0.25, 0.3) is 0 Å². The fraction of sp³-hybridized carbons (Fsp3) is 0.111. The van der Waals surface area contributed by atoms with E-state index >= 15 is 0 Å². The minimum absolute atomic E-state index is 0.284. The first-order valence-electron chi connectivity index (χ1n) is 4.07. The molecule has 76 valence electrons. The second-order valence-corrected chi connectivity index (χ2v) is 3.90. The number of carboxylic acids is 1. The van der Waals surface area contributed by atoms with Crippen LogP contribution in [0, 0.1) is 0 Å². The lowest BCUT2D eigenvalue weighted by molar-refractivity contribution is -0.137. The molecule has 1 N–H and O–H groups in total. The normalized spacial score (nSPS) is 18.7. The number of azo groups is 1. The van der Waals surface area contributed by atoms with E-state index in [0.29, 0.717) is 10.2 Å². The van der Waals surface area contributed by atoms with Crippen molar-refractivity contribution in [2.45, 2.75) is 6.04 Å². The highest BCUT2D eigenvalue weighted by molar-refractivity contribution is 9.10. The van der Waals surface area contributed by atoms with E-state index in [1.807, 2.05) is 0 Å². The van der Waals surface area contributed by atoms with E-state index in [9.17, 15) is 9.59 Å². The van der Waals surface area contributed by atoms with E-state index in [2.05, 4.69) is 26.2 Å². The number of nitrogens with zero attached hydrogens (tertiary/aromatic N) is 2. The molecule has 15 heavy (non-hydrogen) atoms. The summed E-state index contributed by atoms with van der Waals surface area (Å²) >= 11 is 3.20. The number of hydrogen-bond acceptors (Lipinski definition) is 4. The van der Waals surface area contributed by atoms with Gasteiger partial charge in [-0.15, -0.1) is 0 Å². The Morgan fingerprint density at radius 3 is 2.87 bits per heavy atom. The van der Waals surface area contributed by atoms with Crippen molar-refractivity contribution in [2.75, 3.05) is 0 Å². The van der Waals surface area contributed by atoms with Crippen LogP contribution in [0.5, 0.6) is 0 Å². The zero-order valence-electron chi connectivity index (χ0n) is 7.35. The number of ketones is 1. The van der Waals surface area contributed by atoms with Gasteiger partial charge in [-0.1, -0.05) is 15.9 Å². The lowest BCUT2D eigenvalue weighted by Gasteiger charge is -2.12. The van der Waals surface area contributed by atoms with Crippen molar-refractivity contribution in [1.29, 1.82) is 0 Å². The Bertz CT molecular complexity index is 484.